The third-order valence-corrected chi connectivity index (χ3v) is 1.41. The molecule has 0 aromatic rings. The molecule has 1 fully saturated rings. The van der Waals surface area contributed by atoms with Crippen LogP contribution in [0.5, 0.6) is 0 Å². The predicted molar refractivity (Wildman–Crippen MR) is 29.0 cm³/mol. The van der Waals surface area contributed by atoms with Crippen molar-refractivity contribution in [2.24, 2.45) is 0 Å². The van der Waals surface area contributed by atoms with Gasteiger partial charge in [0.1, 0.15) is 18.3 Å². The van der Waals surface area contributed by atoms with Crippen LogP contribution < -0.4 is 0 Å². The zero-order valence-electron chi connectivity index (χ0n) is 5.04. The smallest absolute Gasteiger partial charge is 0.184 e. The number of hydrogen-bond acceptors (Lipinski definition) is 5. The Bertz CT molecular complexity index is 136. The summed E-state index contributed by atoms with van der Waals surface area (Å²) in [6.07, 6.45) is -4.91. The van der Waals surface area contributed by atoms with Crippen LogP contribution in [0.15, 0.2) is 0 Å². The third-order valence-electron chi connectivity index (χ3n) is 1.41. The summed E-state index contributed by atoms with van der Waals surface area (Å²) in [6.45, 7) is 0. The topological polar surface area (TPSA) is 87.0 Å². The quantitative estimate of drug-likeness (QED) is 0.361. The first-order valence-corrected chi connectivity index (χ1v) is 2.82. The van der Waals surface area contributed by atoms with Gasteiger partial charge >= 0.3 is 0 Å². The molecule has 1 saturated heterocycles. The monoisotopic (exact) mass is 148 g/mol. The minimum atomic E-state index is -1.45. The molecule has 1 rings (SSSR count). The minimum Gasteiger partial charge on any atom is -0.387 e. The Balaban J connectivity index is 2.61. The zero-order valence-corrected chi connectivity index (χ0v) is 5.04. The molecule has 0 spiro atoms. The van der Waals surface area contributed by atoms with Crippen LogP contribution in [0.4, 0.5) is 0 Å². The van der Waals surface area contributed by atoms with Gasteiger partial charge in [-0.1, -0.05) is 0 Å². The maximum atomic E-state index is 10.0. The molecule has 5 nitrogen and oxygen atoms in total. The molecule has 0 aliphatic carbocycles. The molecule has 0 amide bonds. The number of aliphatic hydroxyl groups is 3. The molecule has 0 bridgehead atoms. The van der Waals surface area contributed by atoms with Gasteiger partial charge in [-0.3, -0.25) is 0 Å². The highest BCUT2D eigenvalue weighted by Gasteiger charge is 2.41. The summed E-state index contributed by atoms with van der Waals surface area (Å²) in [5.74, 6) is 0. The first-order valence-electron chi connectivity index (χ1n) is 2.82. The predicted octanol–water partition coefficient (Wildman–Crippen LogP) is -2.38. The van der Waals surface area contributed by atoms with E-state index >= 15 is 0 Å². The Hall–Kier alpha value is -0.490. The van der Waals surface area contributed by atoms with Crippen molar-refractivity contribution in [2.45, 2.75) is 24.6 Å². The van der Waals surface area contributed by atoms with Crippen LogP contribution >= 0.6 is 0 Å². The van der Waals surface area contributed by atoms with Crippen LogP contribution in [-0.2, 0) is 9.53 Å². The second-order valence-electron chi connectivity index (χ2n) is 2.11. The Kier molecular flexibility index (Phi) is 2.00. The molecule has 0 radical (unpaired) electrons. The molecule has 1 aliphatic rings. The molecular weight excluding hydrogens is 140 g/mol. The molecule has 5 heteroatoms. The molecule has 0 aromatic carbocycles. The summed E-state index contributed by atoms with van der Waals surface area (Å²) >= 11 is 0. The van der Waals surface area contributed by atoms with E-state index in [0.29, 0.717) is 6.29 Å². The molecule has 0 aromatic heterocycles. The summed E-state index contributed by atoms with van der Waals surface area (Å²) in [7, 11) is 0. The third kappa shape index (κ3) is 1.04. The maximum absolute atomic E-state index is 10.0. The van der Waals surface area contributed by atoms with E-state index in [4.69, 9.17) is 15.3 Å². The summed E-state index contributed by atoms with van der Waals surface area (Å²) < 4.78 is 4.42. The van der Waals surface area contributed by atoms with Crippen molar-refractivity contribution in [1.82, 2.24) is 0 Å². The lowest BCUT2D eigenvalue weighted by Gasteiger charge is -2.06. The first kappa shape index (κ1) is 7.62. The highest BCUT2D eigenvalue weighted by Crippen LogP contribution is 2.17. The van der Waals surface area contributed by atoms with Crippen molar-refractivity contribution in [2.75, 3.05) is 0 Å². The van der Waals surface area contributed by atoms with E-state index in [2.05, 4.69) is 4.74 Å². The van der Waals surface area contributed by atoms with Crippen molar-refractivity contribution in [3.63, 3.8) is 0 Å². The van der Waals surface area contributed by atoms with E-state index in [1.165, 1.54) is 0 Å². The summed E-state index contributed by atoms with van der Waals surface area (Å²) in [5, 5.41) is 26.3. The Morgan fingerprint density at radius 3 is 2.00 bits per heavy atom. The van der Waals surface area contributed by atoms with Crippen LogP contribution in [0.3, 0.4) is 0 Å². The molecule has 0 saturated carbocycles. The van der Waals surface area contributed by atoms with Gasteiger partial charge in [0.15, 0.2) is 12.6 Å². The number of hydrogen-bond donors (Lipinski definition) is 3. The lowest BCUT2D eigenvalue weighted by Crippen LogP contribution is -2.32. The molecule has 1 heterocycles. The van der Waals surface area contributed by atoms with Gasteiger partial charge in [-0.2, -0.15) is 0 Å². The second-order valence-corrected chi connectivity index (χ2v) is 2.11. The minimum absolute atomic E-state index is 0.337. The van der Waals surface area contributed by atoms with E-state index < -0.39 is 24.6 Å². The Labute approximate surface area is 56.9 Å². The Morgan fingerprint density at radius 1 is 1.20 bits per heavy atom. The van der Waals surface area contributed by atoms with E-state index in [9.17, 15) is 4.79 Å². The van der Waals surface area contributed by atoms with Crippen LogP contribution in [0.2, 0.25) is 0 Å². The van der Waals surface area contributed by atoms with E-state index in [-0.39, 0.29) is 0 Å². The van der Waals surface area contributed by atoms with Gasteiger partial charge in [0, 0.05) is 0 Å². The molecule has 0 unspecified atom stereocenters. The second kappa shape index (κ2) is 2.63. The van der Waals surface area contributed by atoms with Gasteiger partial charge in [-0.15, -0.1) is 0 Å². The fraction of sp³-hybridized carbons (Fsp3) is 0.800. The highest BCUT2D eigenvalue weighted by molar-refractivity contribution is 5.58. The van der Waals surface area contributed by atoms with Crippen LogP contribution in [0.1, 0.15) is 0 Å². The van der Waals surface area contributed by atoms with Gasteiger partial charge in [0.25, 0.3) is 0 Å². The van der Waals surface area contributed by atoms with Gasteiger partial charge in [0.05, 0.1) is 0 Å². The van der Waals surface area contributed by atoms with Crippen LogP contribution in [0, 0.1) is 0 Å². The zero-order chi connectivity index (χ0) is 7.72. The van der Waals surface area contributed by atoms with Crippen molar-refractivity contribution in [3.05, 3.63) is 0 Å². The molecule has 58 valence electrons. The summed E-state index contributed by atoms with van der Waals surface area (Å²) in [6, 6.07) is 0. The number of aldehydes is 1. The number of ether oxygens (including phenoxy) is 1. The molecule has 3 N–H and O–H groups in total. The standard InChI is InChI=1S/C5H8O5/c6-1-2-3(7)4(8)5(9)10-2/h1-5,7-9H/t2-,3+,4-,5+/m1/s1. The number of aliphatic hydroxyl groups excluding tert-OH is 3. The van der Waals surface area contributed by atoms with E-state index in [1.807, 2.05) is 0 Å². The van der Waals surface area contributed by atoms with Crippen molar-refractivity contribution in [3.8, 4) is 0 Å². The van der Waals surface area contributed by atoms with Crippen LogP contribution in [0.25, 0.3) is 0 Å². The molecule has 1 aliphatic heterocycles. The fourth-order valence-electron chi connectivity index (χ4n) is 0.798. The van der Waals surface area contributed by atoms with Gasteiger partial charge in [0.2, 0.25) is 0 Å². The lowest BCUT2D eigenvalue weighted by atomic mass is 10.1. The average Bonchev–Trinajstić information content (AvgIpc) is 2.17. The number of rotatable bonds is 1. The molecule has 4 atom stereocenters. The van der Waals surface area contributed by atoms with Crippen molar-refractivity contribution >= 4 is 6.29 Å². The SMILES string of the molecule is O=C[C@H]1O[C@H](O)[C@H](O)[C@H]1O. The van der Waals surface area contributed by atoms with E-state index in [0.717, 1.165) is 0 Å². The molecular formula is C5H8O5. The average molecular weight is 148 g/mol. The van der Waals surface area contributed by atoms with Gasteiger partial charge in [-0.05, 0) is 0 Å². The lowest BCUT2D eigenvalue weighted by molar-refractivity contribution is -0.140. The fourth-order valence-corrected chi connectivity index (χ4v) is 0.798. The summed E-state index contributed by atoms with van der Waals surface area (Å²) in [4.78, 5) is 10.0. The first-order chi connectivity index (χ1) is 4.66. The largest absolute Gasteiger partial charge is 0.387 e. The van der Waals surface area contributed by atoms with Gasteiger partial charge < -0.3 is 24.9 Å². The molecule has 10 heavy (non-hydrogen) atoms. The van der Waals surface area contributed by atoms with Crippen molar-refractivity contribution < 1.29 is 24.9 Å². The van der Waals surface area contributed by atoms with Crippen molar-refractivity contribution in [1.29, 1.82) is 0 Å². The van der Waals surface area contributed by atoms with E-state index in [1.54, 1.807) is 0 Å². The van der Waals surface area contributed by atoms with Gasteiger partial charge in [-0.25, -0.2) is 0 Å². The number of carbonyl (C=O) groups excluding carboxylic acids is 1. The van der Waals surface area contributed by atoms with Crippen LogP contribution in [-0.4, -0.2) is 46.2 Å². The maximum Gasteiger partial charge on any atom is 0.184 e. The highest BCUT2D eigenvalue weighted by atomic mass is 16.6. The Morgan fingerprint density at radius 2 is 1.80 bits per heavy atom. The normalized spacial score (nSPS) is 47.5. The number of carbonyl (C=O) groups is 1. The summed E-state index contributed by atoms with van der Waals surface area (Å²) in [5.41, 5.74) is 0.